The van der Waals surface area contributed by atoms with Crippen molar-refractivity contribution in [3.8, 4) is 5.75 Å². The van der Waals surface area contributed by atoms with Gasteiger partial charge in [0.15, 0.2) is 0 Å². The van der Waals surface area contributed by atoms with E-state index in [0.717, 1.165) is 18.4 Å². The van der Waals surface area contributed by atoms with E-state index in [1.54, 1.807) is 7.11 Å². The molecule has 0 aromatic heterocycles. The summed E-state index contributed by atoms with van der Waals surface area (Å²) in [7, 11) is 1.58. The van der Waals surface area contributed by atoms with Gasteiger partial charge in [0.25, 0.3) is 5.91 Å². The fourth-order valence-corrected chi connectivity index (χ4v) is 1.49. The fraction of sp³-hybridized carbons (Fsp3) is 0.462. The second-order valence-corrected chi connectivity index (χ2v) is 3.64. The van der Waals surface area contributed by atoms with Crippen molar-refractivity contribution in [3.05, 3.63) is 29.3 Å². The number of benzene rings is 1. The Morgan fingerprint density at radius 3 is 2.69 bits per heavy atom. The molecule has 0 bridgehead atoms. The van der Waals surface area contributed by atoms with Crippen LogP contribution in [0.2, 0.25) is 0 Å². The highest BCUT2D eigenvalue weighted by Crippen LogP contribution is 2.20. The zero-order chi connectivity index (χ0) is 12.0. The lowest BCUT2D eigenvalue weighted by Gasteiger charge is -2.10. The van der Waals surface area contributed by atoms with E-state index in [0.29, 0.717) is 17.9 Å². The predicted octanol–water partition coefficient (Wildman–Crippen LogP) is 2.40. The Kier molecular flexibility index (Phi) is 4.83. The van der Waals surface area contributed by atoms with Crippen LogP contribution in [0.1, 0.15) is 36.2 Å². The molecule has 0 aliphatic rings. The number of rotatable bonds is 5. The van der Waals surface area contributed by atoms with E-state index in [-0.39, 0.29) is 5.91 Å². The van der Waals surface area contributed by atoms with Crippen LogP contribution < -0.4 is 10.1 Å². The van der Waals surface area contributed by atoms with Crippen molar-refractivity contribution >= 4 is 5.91 Å². The zero-order valence-corrected chi connectivity index (χ0v) is 10.2. The molecule has 1 amide bonds. The van der Waals surface area contributed by atoms with Gasteiger partial charge in [-0.1, -0.05) is 19.9 Å². The van der Waals surface area contributed by atoms with E-state index in [4.69, 9.17) is 4.74 Å². The highest BCUT2D eigenvalue weighted by molar-refractivity contribution is 5.97. The summed E-state index contributed by atoms with van der Waals surface area (Å²) in [6.45, 7) is 4.79. The Bertz CT molecular complexity index is 361. The van der Waals surface area contributed by atoms with Crippen LogP contribution >= 0.6 is 0 Å². The molecule has 88 valence electrons. The second-order valence-electron chi connectivity index (χ2n) is 3.64. The molecule has 0 aliphatic heterocycles. The average molecular weight is 221 g/mol. The minimum absolute atomic E-state index is 0.0611. The molecular formula is C13H19NO2. The van der Waals surface area contributed by atoms with Gasteiger partial charge in [-0.2, -0.15) is 0 Å². The van der Waals surface area contributed by atoms with Crippen LogP contribution in [0.25, 0.3) is 0 Å². The summed E-state index contributed by atoms with van der Waals surface area (Å²) in [5.41, 5.74) is 1.76. The standard InChI is InChI=1S/C13H19NO2/c1-4-8-14-13(15)11-9-10(5-2)6-7-12(11)16-3/h6-7,9H,4-5,8H2,1-3H3,(H,14,15). The van der Waals surface area contributed by atoms with Gasteiger partial charge in [0.1, 0.15) is 5.75 Å². The first kappa shape index (κ1) is 12.6. The van der Waals surface area contributed by atoms with Crippen molar-refractivity contribution in [1.82, 2.24) is 5.32 Å². The minimum Gasteiger partial charge on any atom is -0.496 e. The van der Waals surface area contributed by atoms with Crippen molar-refractivity contribution in [2.24, 2.45) is 0 Å². The van der Waals surface area contributed by atoms with Crippen molar-refractivity contribution in [1.29, 1.82) is 0 Å². The van der Waals surface area contributed by atoms with Gasteiger partial charge in [-0.15, -0.1) is 0 Å². The van der Waals surface area contributed by atoms with Crippen LogP contribution in [0.4, 0.5) is 0 Å². The van der Waals surface area contributed by atoms with Crippen LogP contribution in [-0.2, 0) is 6.42 Å². The molecule has 0 aliphatic carbocycles. The van der Waals surface area contributed by atoms with Gasteiger partial charge < -0.3 is 10.1 Å². The van der Waals surface area contributed by atoms with E-state index in [9.17, 15) is 4.79 Å². The lowest BCUT2D eigenvalue weighted by molar-refractivity contribution is 0.0950. The van der Waals surface area contributed by atoms with Crippen LogP contribution in [-0.4, -0.2) is 19.6 Å². The normalized spacial score (nSPS) is 9.94. The summed E-state index contributed by atoms with van der Waals surface area (Å²) in [5.74, 6) is 0.569. The second kappa shape index (κ2) is 6.16. The number of hydrogen-bond acceptors (Lipinski definition) is 2. The van der Waals surface area contributed by atoms with Crippen LogP contribution in [0.3, 0.4) is 0 Å². The third-order valence-electron chi connectivity index (χ3n) is 2.45. The third kappa shape index (κ3) is 2.99. The average Bonchev–Trinajstić information content (AvgIpc) is 2.35. The number of aryl methyl sites for hydroxylation is 1. The zero-order valence-electron chi connectivity index (χ0n) is 10.2. The molecule has 0 unspecified atom stereocenters. The Balaban J connectivity index is 2.94. The first-order valence-electron chi connectivity index (χ1n) is 5.68. The van der Waals surface area contributed by atoms with E-state index in [2.05, 4.69) is 12.2 Å². The summed E-state index contributed by atoms with van der Waals surface area (Å²) >= 11 is 0. The van der Waals surface area contributed by atoms with Gasteiger partial charge in [-0.3, -0.25) is 4.79 Å². The number of carbonyl (C=O) groups is 1. The maximum Gasteiger partial charge on any atom is 0.255 e. The molecule has 0 atom stereocenters. The molecule has 1 aromatic carbocycles. The summed E-state index contributed by atoms with van der Waals surface area (Å²) in [5, 5.41) is 2.86. The first-order valence-corrected chi connectivity index (χ1v) is 5.68. The number of hydrogen-bond donors (Lipinski definition) is 1. The Hall–Kier alpha value is -1.51. The molecule has 16 heavy (non-hydrogen) atoms. The SMILES string of the molecule is CCCNC(=O)c1cc(CC)ccc1OC. The maximum absolute atomic E-state index is 11.9. The first-order chi connectivity index (χ1) is 7.72. The third-order valence-corrected chi connectivity index (χ3v) is 2.45. The molecule has 0 saturated heterocycles. The quantitative estimate of drug-likeness (QED) is 0.829. The molecule has 0 heterocycles. The van der Waals surface area contributed by atoms with Gasteiger partial charge in [0.2, 0.25) is 0 Å². The number of carbonyl (C=O) groups excluding carboxylic acids is 1. The molecule has 0 spiro atoms. The molecule has 0 saturated carbocycles. The summed E-state index contributed by atoms with van der Waals surface area (Å²) in [6, 6.07) is 5.72. The summed E-state index contributed by atoms with van der Waals surface area (Å²) in [4.78, 5) is 11.9. The Morgan fingerprint density at radius 2 is 2.12 bits per heavy atom. The minimum atomic E-state index is -0.0611. The molecule has 1 aromatic rings. The van der Waals surface area contributed by atoms with Gasteiger partial charge in [0, 0.05) is 6.54 Å². The lowest BCUT2D eigenvalue weighted by atomic mass is 10.1. The van der Waals surface area contributed by atoms with E-state index >= 15 is 0 Å². The van der Waals surface area contributed by atoms with Crippen molar-refractivity contribution in [3.63, 3.8) is 0 Å². The highest BCUT2D eigenvalue weighted by atomic mass is 16.5. The van der Waals surface area contributed by atoms with E-state index < -0.39 is 0 Å². The van der Waals surface area contributed by atoms with Crippen molar-refractivity contribution in [2.75, 3.05) is 13.7 Å². The van der Waals surface area contributed by atoms with Crippen molar-refractivity contribution in [2.45, 2.75) is 26.7 Å². The molecule has 0 fully saturated rings. The molecule has 0 radical (unpaired) electrons. The predicted molar refractivity (Wildman–Crippen MR) is 65.0 cm³/mol. The monoisotopic (exact) mass is 221 g/mol. The summed E-state index contributed by atoms with van der Waals surface area (Å²) in [6.07, 6.45) is 1.85. The van der Waals surface area contributed by atoms with Crippen LogP contribution in [0.5, 0.6) is 5.75 Å². The number of ether oxygens (including phenoxy) is 1. The number of methoxy groups -OCH3 is 1. The highest BCUT2D eigenvalue weighted by Gasteiger charge is 2.11. The molecule has 1 rings (SSSR count). The van der Waals surface area contributed by atoms with Gasteiger partial charge in [-0.25, -0.2) is 0 Å². The molecular weight excluding hydrogens is 202 g/mol. The molecule has 3 nitrogen and oxygen atoms in total. The van der Waals surface area contributed by atoms with Gasteiger partial charge in [-0.05, 0) is 30.5 Å². The molecule has 1 N–H and O–H groups in total. The van der Waals surface area contributed by atoms with Crippen LogP contribution in [0.15, 0.2) is 18.2 Å². The largest absolute Gasteiger partial charge is 0.496 e. The van der Waals surface area contributed by atoms with Crippen LogP contribution in [0, 0.1) is 0 Å². The van der Waals surface area contributed by atoms with E-state index in [1.807, 2.05) is 25.1 Å². The smallest absolute Gasteiger partial charge is 0.255 e. The van der Waals surface area contributed by atoms with Crippen molar-refractivity contribution < 1.29 is 9.53 Å². The number of nitrogens with one attached hydrogen (secondary N) is 1. The topological polar surface area (TPSA) is 38.3 Å². The molecule has 3 heteroatoms. The van der Waals surface area contributed by atoms with E-state index in [1.165, 1.54) is 0 Å². The summed E-state index contributed by atoms with van der Waals surface area (Å²) < 4.78 is 5.19. The number of amides is 1. The van der Waals surface area contributed by atoms with Gasteiger partial charge >= 0.3 is 0 Å². The van der Waals surface area contributed by atoms with Gasteiger partial charge in [0.05, 0.1) is 12.7 Å². The Morgan fingerprint density at radius 1 is 1.38 bits per heavy atom. The maximum atomic E-state index is 11.9. The lowest BCUT2D eigenvalue weighted by Crippen LogP contribution is -2.24. The fourth-order valence-electron chi connectivity index (χ4n) is 1.49. The Labute approximate surface area is 96.8 Å².